The van der Waals surface area contributed by atoms with Gasteiger partial charge in [-0.25, -0.2) is 4.39 Å². The number of carbonyl (C=O) groups is 1. The summed E-state index contributed by atoms with van der Waals surface area (Å²) < 4.78 is 14.2. The monoisotopic (exact) mass is 280 g/mol. The van der Waals surface area contributed by atoms with Crippen molar-refractivity contribution in [2.75, 3.05) is 11.4 Å². The van der Waals surface area contributed by atoms with Gasteiger partial charge in [0.2, 0.25) is 0 Å². The van der Waals surface area contributed by atoms with Gasteiger partial charge in [-0.15, -0.1) is 0 Å². The molecule has 3 nitrogen and oxygen atoms in total. The Labute approximate surface area is 122 Å². The van der Waals surface area contributed by atoms with E-state index < -0.39 is 5.82 Å². The van der Waals surface area contributed by atoms with E-state index in [1.54, 1.807) is 18.2 Å². The van der Waals surface area contributed by atoms with Crippen molar-refractivity contribution in [3.63, 3.8) is 0 Å². The van der Waals surface area contributed by atoms with E-state index in [9.17, 15) is 9.18 Å². The fourth-order valence-corrected chi connectivity index (χ4v) is 2.63. The number of halogens is 1. The molecule has 104 valence electrons. The van der Waals surface area contributed by atoms with Gasteiger partial charge in [0.1, 0.15) is 11.9 Å². The van der Waals surface area contributed by atoms with Crippen LogP contribution in [0.25, 0.3) is 0 Å². The average molecular weight is 280 g/mol. The average Bonchev–Trinajstić information content (AvgIpc) is 2.52. The Morgan fingerprint density at radius 3 is 2.81 bits per heavy atom. The summed E-state index contributed by atoms with van der Waals surface area (Å²) in [6, 6.07) is 14.0. The van der Waals surface area contributed by atoms with Crippen molar-refractivity contribution in [1.82, 2.24) is 0 Å². The van der Waals surface area contributed by atoms with Crippen LogP contribution >= 0.6 is 0 Å². The van der Waals surface area contributed by atoms with E-state index in [0.29, 0.717) is 30.6 Å². The number of para-hydroxylation sites is 1. The van der Waals surface area contributed by atoms with Crippen LogP contribution in [0.15, 0.2) is 42.5 Å². The van der Waals surface area contributed by atoms with Crippen molar-refractivity contribution in [3.05, 3.63) is 65.0 Å². The molecule has 0 bridgehead atoms. The predicted octanol–water partition coefficient (Wildman–Crippen LogP) is 3.29. The first kappa shape index (κ1) is 13.3. The normalized spacial score (nSPS) is 13.7. The highest BCUT2D eigenvalue weighted by Crippen LogP contribution is 2.28. The number of Topliss-reactive ketones (excluding diaryl/α,β-unsaturated/α-hetero) is 1. The minimum atomic E-state index is -0.477. The van der Waals surface area contributed by atoms with Crippen LogP contribution in [0.2, 0.25) is 0 Å². The number of benzene rings is 2. The van der Waals surface area contributed by atoms with Gasteiger partial charge in [0, 0.05) is 36.3 Å². The van der Waals surface area contributed by atoms with Crippen LogP contribution in [-0.2, 0) is 6.54 Å². The van der Waals surface area contributed by atoms with E-state index in [1.807, 2.05) is 29.2 Å². The van der Waals surface area contributed by atoms with E-state index in [0.717, 1.165) is 5.69 Å². The lowest BCUT2D eigenvalue weighted by Crippen LogP contribution is -2.31. The number of nitriles is 1. The van der Waals surface area contributed by atoms with Gasteiger partial charge in [-0.3, -0.25) is 4.79 Å². The molecule has 2 aromatic carbocycles. The molecule has 4 heteroatoms. The SMILES string of the molecule is N#Cc1cccc(CN2CCC(=O)c3ccccc32)c1F. The molecule has 0 saturated carbocycles. The van der Waals surface area contributed by atoms with Gasteiger partial charge in [-0.05, 0) is 18.2 Å². The summed E-state index contributed by atoms with van der Waals surface area (Å²) in [6.45, 7) is 0.914. The number of anilines is 1. The summed E-state index contributed by atoms with van der Waals surface area (Å²) in [5, 5.41) is 8.89. The molecule has 0 fully saturated rings. The molecule has 21 heavy (non-hydrogen) atoms. The lowest BCUT2D eigenvalue weighted by molar-refractivity contribution is 0.0979. The van der Waals surface area contributed by atoms with E-state index in [2.05, 4.69) is 0 Å². The number of carbonyl (C=O) groups excluding carboxylic acids is 1. The molecule has 0 aromatic heterocycles. The minimum absolute atomic E-state index is 0.0499. The highest BCUT2D eigenvalue weighted by atomic mass is 19.1. The summed E-state index contributed by atoms with van der Waals surface area (Å²) >= 11 is 0. The number of hydrogen-bond acceptors (Lipinski definition) is 3. The van der Waals surface area contributed by atoms with Gasteiger partial charge in [-0.2, -0.15) is 5.26 Å². The molecule has 0 saturated heterocycles. The van der Waals surface area contributed by atoms with Crippen molar-refractivity contribution in [2.24, 2.45) is 0 Å². The zero-order valence-electron chi connectivity index (χ0n) is 11.3. The Hall–Kier alpha value is -2.67. The third-order valence-corrected chi connectivity index (χ3v) is 3.71. The summed E-state index contributed by atoms with van der Waals surface area (Å²) in [7, 11) is 0. The van der Waals surface area contributed by atoms with Crippen LogP contribution in [-0.4, -0.2) is 12.3 Å². The van der Waals surface area contributed by atoms with E-state index in [4.69, 9.17) is 5.26 Å². The van der Waals surface area contributed by atoms with Crippen molar-refractivity contribution in [3.8, 4) is 6.07 Å². The molecule has 3 rings (SSSR count). The molecule has 0 unspecified atom stereocenters. The smallest absolute Gasteiger partial charge is 0.166 e. The zero-order valence-corrected chi connectivity index (χ0v) is 11.3. The van der Waals surface area contributed by atoms with Gasteiger partial charge < -0.3 is 4.90 Å². The Balaban J connectivity index is 1.95. The van der Waals surface area contributed by atoms with Crippen molar-refractivity contribution < 1.29 is 9.18 Å². The minimum Gasteiger partial charge on any atom is -0.366 e. The number of rotatable bonds is 2. The molecule has 0 radical (unpaired) electrons. The molecule has 0 amide bonds. The second kappa shape index (κ2) is 5.37. The molecule has 1 heterocycles. The second-order valence-electron chi connectivity index (χ2n) is 5.00. The molecule has 1 aliphatic rings. The van der Waals surface area contributed by atoms with Crippen LogP contribution in [0.5, 0.6) is 0 Å². The van der Waals surface area contributed by atoms with Gasteiger partial charge >= 0.3 is 0 Å². The lowest BCUT2D eigenvalue weighted by atomic mass is 9.99. The molecular weight excluding hydrogens is 267 g/mol. The molecule has 0 atom stereocenters. The van der Waals surface area contributed by atoms with E-state index in [-0.39, 0.29) is 11.3 Å². The first-order chi connectivity index (χ1) is 10.2. The molecule has 1 aliphatic heterocycles. The largest absolute Gasteiger partial charge is 0.366 e. The molecular formula is C17H13FN2O. The van der Waals surface area contributed by atoms with Gasteiger partial charge in [0.25, 0.3) is 0 Å². The number of hydrogen-bond donors (Lipinski definition) is 0. The van der Waals surface area contributed by atoms with E-state index in [1.165, 1.54) is 6.07 Å². The van der Waals surface area contributed by atoms with Gasteiger partial charge in [-0.1, -0.05) is 24.3 Å². The lowest BCUT2D eigenvalue weighted by Gasteiger charge is -2.30. The fourth-order valence-electron chi connectivity index (χ4n) is 2.63. The highest BCUT2D eigenvalue weighted by molar-refractivity contribution is 6.03. The third-order valence-electron chi connectivity index (χ3n) is 3.71. The summed E-state index contributed by atoms with van der Waals surface area (Å²) in [5.74, 6) is -0.359. The summed E-state index contributed by atoms with van der Waals surface area (Å²) in [5.41, 5.74) is 2.03. The van der Waals surface area contributed by atoms with Crippen LogP contribution in [0.1, 0.15) is 27.9 Å². The number of nitrogens with zero attached hydrogens (tertiary/aromatic N) is 2. The highest BCUT2D eigenvalue weighted by Gasteiger charge is 2.23. The maximum atomic E-state index is 14.2. The van der Waals surface area contributed by atoms with E-state index >= 15 is 0 Å². The number of fused-ring (bicyclic) bond motifs is 1. The predicted molar refractivity (Wildman–Crippen MR) is 77.6 cm³/mol. The Kier molecular flexibility index (Phi) is 3.41. The number of ketones is 1. The molecule has 2 aromatic rings. The van der Waals surface area contributed by atoms with Gasteiger partial charge in [0.15, 0.2) is 5.78 Å². The summed E-state index contributed by atoms with van der Waals surface area (Å²) in [4.78, 5) is 13.9. The molecule has 0 spiro atoms. The zero-order chi connectivity index (χ0) is 14.8. The van der Waals surface area contributed by atoms with Crippen LogP contribution < -0.4 is 4.90 Å². The van der Waals surface area contributed by atoms with Crippen LogP contribution in [0.4, 0.5) is 10.1 Å². The van der Waals surface area contributed by atoms with Gasteiger partial charge in [0.05, 0.1) is 5.56 Å². The standard InChI is InChI=1S/C17H13FN2O/c18-17-12(10-19)4-3-5-13(17)11-20-9-8-16(21)14-6-1-2-7-15(14)20/h1-7H,8-9,11H2. The summed E-state index contributed by atoms with van der Waals surface area (Å²) in [6.07, 6.45) is 0.427. The van der Waals surface area contributed by atoms with Crippen molar-refractivity contribution in [2.45, 2.75) is 13.0 Å². The van der Waals surface area contributed by atoms with Crippen molar-refractivity contribution >= 4 is 11.5 Å². The topological polar surface area (TPSA) is 44.1 Å². The Morgan fingerprint density at radius 2 is 2.00 bits per heavy atom. The maximum Gasteiger partial charge on any atom is 0.166 e. The third kappa shape index (κ3) is 2.38. The second-order valence-corrected chi connectivity index (χ2v) is 5.00. The maximum absolute atomic E-state index is 14.2. The fraction of sp³-hybridized carbons (Fsp3) is 0.176. The quantitative estimate of drug-likeness (QED) is 0.848. The molecule has 0 N–H and O–H groups in total. The molecule has 0 aliphatic carbocycles. The van der Waals surface area contributed by atoms with Crippen LogP contribution in [0.3, 0.4) is 0 Å². The first-order valence-corrected chi connectivity index (χ1v) is 6.75. The Bertz CT molecular complexity index is 749. The van der Waals surface area contributed by atoms with Crippen LogP contribution in [0, 0.1) is 17.1 Å². The Morgan fingerprint density at radius 1 is 1.19 bits per heavy atom. The van der Waals surface area contributed by atoms with Crippen molar-refractivity contribution in [1.29, 1.82) is 5.26 Å². The first-order valence-electron chi connectivity index (χ1n) is 6.75.